The monoisotopic (exact) mass is 444 g/mol. The van der Waals surface area contributed by atoms with Gasteiger partial charge in [0, 0.05) is 26.2 Å². The van der Waals surface area contributed by atoms with Crippen molar-refractivity contribution in [3.8, 4) is 0 Å². The van der Waals surface area contributed by atoms with E-state index in [-0.39, 0.29) is 41.1 Å². The Bertz CT molecular complexity index is 844. The summed E-state index contributed by atoms with van der Waals surface area (Å²) in [6.45, 7) is 9.11. The maximum atomic E-state index is 12.8. The summed E-state index contributed by atoms with van der Waals surface area (Å²) in [5, 5.41) is 0.0285. The van der Waals surface area contributed by atoms with E-state index >= 15 is 0 Å². The molecule has 1 fully saturated rings. The van der Waals surface area contributed by atoms with Gasteiger partial charge in [0.05, 0.1) is 10.6 Å². The first-order valence-electron chi connectivity index (χ1n) is 9.84. The van der Waals surface area contributed by atoms with E-state index in [0.717, 1.165) is 6.42 Å². The van der Waals surface area contributed by atoms with Crippen molar-refractivity contribution in [2.75, 3.05) is 32.8 Å². The molecule has 0 bridgehead atoms. The lowest BCUT2D eigenvalue weighted by Gasteiger charge is -2.34. The summed E-state index contributed by atoms with van der Waals surface area (Å²) in [5.41, 5.74) is 0.0355. The number of carbonyl (C=O) groups excluding carboxylic acids is 2. The van der Waals surface area contributed by atoms with Crippen molar-refractivity contribution in [1.29, 1.82) is 0 Å². The number of benzene rings is 1. The maximum Gasteiger partial charge on any atom is 0.338 e. The minimum atomic E-state index is -3.83. The average molecular weight is 445 g/mol. The van der Waals surface area contributed by atoms with Crippen molar-refractivity contribution < 1.29 is 22.7 Å². The molecule has 1 aliphatic heterocycles. The van der Waals surface area contributed by atoms with E-state index in [1.165, 1.54) is 22.5 Å². The van der Waals surface area contributed by atoms with E-state index in [9.17, 15) is 18.0 Å². The lowest BCUT2D eigenvalue weighted by atomic mass is 9.92. The topological polar surface area (TPSA) is 84.0 Å². The second kappa shape index (κ2) is 9.91. The van der Waals surface area contributed by atoms with Gasteiger partial charge in [0.25, 0.3) is 5.91 Å². The summed E-state index contributed by atoms with van der Waals surface area (Å²) >= 11 is 6.08. The molecule has 1 amide bonds. The minimum absolute atomic E-state index is 0.0285. The predicted octanol–water partition coefficient (Wildman–Crippen LogP) is 3.03. The van der Waals surface area contributed by atoms with Gasteiger partial charge < -0.3 is 9.64 Å². The number of nitrogens with zero attached hydrogens (tertiary/aromatic N) is 2. The van der Waals surface area contributed by atoms with Crippen LogP contribution < -0.4 is 0 Å². The highest BCUT2D eigenvalue weighted by atomic mass is 35.5. The SMILES string of the molecule is CCN(CC)S(=O)(=O)c1cc(C(=O)OCC(=O)N2C[C@H](C)C[C@@H](C)C2)ccc1Cl. The zero-order chi connectivity index (χ0) is 21.8. The molecule has 0 spiro atoms. The molecule has 1 saturated heterocycles. The summed E-state index contributed by atoms with van der Waals surface area (Å²) in [4.78, 5) is 26.4. The zero-order valence-corrected chi connectivity index (χ0v) is 18.9. The van der Waals surface area contributed by atoms with E-state index < -0.39 is 16.0 Å². The number of esters is 1. The molecule has 1 aliphatic rings. The summed E-state index contributed by atoms with van der Waals surface area (Å²) < 4.78 is 31.9. The molecule has 1 aromatic carbocycles. The van der Waals surface area contributed by atoms with Gasteiger partial charge in [-0.25, -0.2) is 13.2 Å². The molecule has 1 heterocycles. The molecule has 9 heteroatoms. The number of hydrogen-bond donors (Lipinski definition) is 0. The second-order valence-corrected chi connectivity index (χ2v) is 9.87. The second-order valence-electron chi connectivity index (χ2n) is 7.56. The molecule has 0 radical (unpaired) electrons. The fraction of sp³-hybridized carbons (Fsp3) is 0.600. The quantitative estimate of drug-likeness (QED) is 0.603. The lowest BCUT2D eigenvalue weighted by Crippen LogP contribution is -2.44. The average Bonchev–Trinajstić information content (AvgIpc) is 2.66. The standard InChI is InChI=1S/C20H29ClN2O5S/c1-5-23(6-2)29(26,27)18-10-16(7-8-17(18)21)20(25)28-13-19(24)22-11-14(3)9-15(4)12-22/h7-8,10,14-15H,5-6,9,11-13H2,1-4H3/t14-,15-/m1/s1. The summed E-state index contributed by atoms with van der Waals surface area (Å²) in [6, 6.07) is 3.94. The van der Waals surface area contributed by atoms with Crippen molar-refractivity contribution in [2.24, 2.45) is 11.8 Å². The molecule has 1 aromatic rings. The molecule has 0 N–H and O–H groups in total. The Kier molecular flexibility index (Phi) is 8.08. The Balaban J connectivity index is 2.11. The van der Waals surface area contributed by atoms with Crippen molar-refractivity contribution in [2.45, 2.75) is 39.0 Å². The molecular formula is C20H29ClN2O5S. The van der Waals surface area contributed by atoms with Crippen LogP contribution in [0.4, 0.5) is 0 Å². The number of hydrogen-bond acceptors (Lipinski definition) is 5. The van der Waals surface area contributed by atoms with Gasteiger partial charge in [-0.05, 0) is 36.5 Å². The lowest BCUT2D eigenvalue weighted by molar-refractivity contribution is -0.137. The van der Waals surface area contributed by atoms with Crippen LogP contribution in [-0.4, -0.2) is 62.3 Å². The Labute approximate surface area is 178 Å². The Morgan fingerprint density at radius 2 is 1.76 bits per heavy atom. The van der Waals surface area contributed by atoms with Gasteiger partial charge in [-0.3, -0.25) is 4.79 Å². The van der Waals surface area contributed by atoms with Gasteiger partial charge in [-0.1, -0.05) is 39.3 Å². The van der Waals surface area contributed by atoms with Gasteiger partial charge >= 0.3 is 5.97 Å². The van der Waals surface area contributed by atoms with E-state index in [2.05, 4.69) is 13.8 Å². The fourth-order valence-electron chi connectivity index (χ4n) is 3.70. The van der Waals surface area contributed by atoms with Crippen LogP contribution in [0.3, 0.4) is 0 Å². The van der Waals surface area contributed by atoms with Crippen LogP contribution >= 0.6 is 11.6 Å². The van der Waals surface area contributed by atoms with Crippen LogP contribution in [0.2, 0.25) is 5.02 Å². The highest BCUT2D eigenvalue weighted by molar-refractivity contribution is 7.89. The first-order chi connectivity index (χ1) is 13.6. The highest BCUT2D eigenvalue weighted by Gasteiger charge is 2.28. The van der Waals surface area contributed by atoms with Crippen LogP contribution in [0.15, 0.2) is 23.1 Å². The molecule has 2 atom stereocenters. The summed E-state index contributed by atoms with van der Waals surface area (Å²) in [7, 11) is -3.83. The molecule has 0 saturated carbocycles. The normalized spacial score (nSPS) is 20.0. The van der Waals surface area contributed by atoms with Crippen LogP contribution in [0.5, 0.6) is 0 Å². The number of likely N-dealkylation sites (tertiary alicyclic amines) is 1. The molecule has 0 aromatic heterocycles. The number of amides is 1. The largest absolute Gasteiger partial charge is 0.452 e. The van der Waals surface area contributed by atoms with E-state index in [1.54, 1.807) is 18.7 Å². The van der Waals surface area contributed by atoms with Crippen LogP contribution in [0.25, 0.3) is 0 Å². The minimum Gasteiger partial charge on any atom is -0.452 e. The van der Waals surface area contributed by atoms with Crippen LogP contribution in [0, 0.1) is 11.8 Å². The zero-order valence-electron chi connectivity index (χ0n) is 17.4. The van der Waals surface area contributed by atoms with E-state index in [1.807, 2.05) is 0 Å². The van der Waals surface area contributed by atoms with Gasteiger partial charge in [-0.15, -0.1) is 0 Å². The molecular weight excluding hydrogens is 416 g/mol. The Morgan fingerprint density at radius 3 is 2.31 bits per heavy atom. The number of ether oxygens (including phenoxy) is 1. The number of carbonyl (C=O) groups is 2. The van der Waals surface area contributed by atoms with Gasteiger partial charge in [0.1, 0.15) is 4.90 Å². The van der Waals surface area contributed by atoms with Crippen molar-refractivity contribution in [3.05, 3.63) is 28.8 Å². The van der Waals surface area contributed by atoms with Crippen LogP contribution in [-0.2, 0) is 19.6 Å². The number of piperidine rings is 1. The third kappa shape index (κ3) is 5.71. The number of rotatable bonds is 7. The Morgan fingerprint density at radius 1 is 1.17 bits per heavy atom. The van der Waals surface area contributed by atoms with Crippen molar-refractivity contribution in [3.63, 3.8) is 0 Å². The Hall–Kier alpha value is -1.64. The van der Waals surface area contributed by atoms with Crippen LogP contribution in [0.1, 0.15) is 44.5 Å². The molecule has 2 rings (SSSR count). The van der Waals surface area contributed by atoms with Gasteiger partial charge in [0.2, 0.25) is 10.0 Å². The maximum absolute atomic E-state index is 12.8. The van der Waals surface area contributed by atoms with Crippen molar-refractivity contribution in [1.82, 2.24) is 9.21 Å². The van der Waals surface area contributed by atoms with E-state index in [4.69, 9.17) is 16.3 Å². The smallest absolute Gasteiger partial charge is 0.338 e. The molecule has 0 unspecified atom stereocenters. The molecule has 162 valence electrons. The number of sulfonamides is 1. The van der Waals surface area contributed by atoms with Gasteiger partial charge in [-0.2, -0.15) is 4.31 Å². The first-order valence-corrected chi connectivity index (χ1v) is 11.7. The third-order valence-corrected chi connectivity index (χ3v) is 7.57. The number of halogens is 1. The summed E-state index contributed by atoms with van der Waals surface area (Å²) in [6.07, 6.45) is 1.07. The fourth-order valence-corrected chi connectivity index (χ4v) is 5.66. The van der Waals surface area contributed by atoms with Gasteiger partial charge in [0.15, 0.2) is 6.61 Å². The molecule has 29 heavy (non-hydrogen) atoms. The molecule has 7 nitrogen and oxygen atoms in total. The molecule has 0 aliphatic carbocycles. The van der Waals surface area contributed by atoms with Crippen molar-refractivity contribution >= 4 is 33.5 Å². The predicted molar refractivity (Wildman–Crippen MR) is 111 cm³/mol. The first kappa shape index (κ1) is 23.6. The third-order valence-electron chi connectivity index (χ3n) is 5.04. The van der Waals surface area contributed by atoms with E-state index in [0.29, 0.717) is 24.9 Å². The summed E-state index contributed by atoms with van der Waals surface area (Å²) in [5.74, 6) is -0.198. The highest BCUT2D eigenvalue weighted by Crippen LogP contribution is 2.26.